The van der Waals surface area contributed by atoms with Gasteiger partial charge in [-0.1, -0.05) is 11.6 Å². The predicted octanol–water partition coefficient (Wildman–Crippen LogP) is 2.78. The Kier molecular flexibility index (Phi) is 2.78. The molecule has 0 saturated heterocycles. The lowest BCUT2D eigenvalue weighted by atomic mass is 9.97. The summed E-state index contributed by atoms with van der Waals surface area (Å²) in [4.78, 5) is 0. The summed E-state index contributed by atoms with van der Waals surface area (Å²) < 4.78 is 5.74. The number of rotatable bonds is 1. The third-order valence-corrected chi connectivity index (χ3v) is 4.67. The van der Waals surface area contributed by atoms with Gasteiger partial charge in [0.05, 0.1) is 6.61 Å². The summed E-state index contributed by atoms with van der Waals surface area (Å²) in [6, 6.07) is 2.44. The molecule has 0 radical (unpaired) electrons. The number of halogens is 1. The van der Waals surface area contributed by atoms with Gasteiger partial charge in [0.2, 0.25) is 0 Å². The third kappa shape index (κ3) is 1.53. The highest BCUT2D eigenvalue weighted by atomic mass is 35.5. The van der Waals surface area contributed by atoms with Gasteiger partial charge in [-0.2, -0.15) is 11.8 Å². The molecule has 16 heavy (non-hydrogen) atoms. The van der Waals surface area contributed by atoms with Crippen molar-refractivity contribution in [2.24, 2.45) is 0 Å². The van der Waals surface area contributed by atoms with E-state index < -0.39 is 0 Å². The number of ether oxygens (including phenoxy) is 1. The summed E-state index contributed by atoms with van der Waals surface area (Å²) in [6.45, 7) is 0.803. The summed E-state index contributed by atoms with van der Waals surface area (Å²) in [6.07, 6.45) is 0.997. The fourth-order valence-corrected chi connectivity index (χ4v) is 4.05. The minimum atomic E-state index is 0.357. The van der Waals surface area contributed by atoms with Crippen molar-refractivity contribution >= 4 is 23.4 Å². The summed E-state index contributed by atoms with van der Waals surface area (Å²) in [5, 5.41) is 4.23. The molecule has 0 amide bonds. The van der Waals surface area contributed by atoms with Crippen LogP contribution in [-0.4, -0.2) is 19.4 Å². The Balaban J connectivity index is 2.19. The first-order chi connectivity index (χ1) is 7.81. The first-order valence-electron chi connectivity index (χ1n) is 5.53. The molecule has 0 saturated carbocycles. The third-order valence-electron chi connectivity index (χ3n) is 3.29. The maximum Gasteiger partial charge on any atom is 0.127 e. The average Bonchev–Trinajstić information content (AvgIpc) is 2.76. The smallest absolute Gasteiger partial charge is 0.127 e. The molecule has 2 aliphatic rings. The molecule has 1 N–H and O–H groups in total. The molecule has 2 nitrogen and oxygen atoms in total. The number of fused-ring (bicyclic) bond motifs is 3. The van der Waals surface area contributed by atoms with Crippen molar-refractivity contribution in [2.75, 3.05) is 19.4 Å². The predicted molar refractivity (Wildman–Crippen MR) is 68.6 cm³/mol. The van der Waals surface area contributed by atoms with Crippen LogP contribution in [0.3, 0.4) is 0 Å². The van der Waals surface area contributed by atoms with E-state index in [1.165, 1.54) is 16.7 Å². The molecule has 2 aliphatic heterocycles. The highest BCUT2D eigenvalue weighted by molar-refractivity contribution is 7.98. The van der Waals surface area contributed by atoms with E-state index in [4.69, 9.17) is 16.3 Å². The van der Waals surface area contributed by atoms with Crippen LogP contribution in [0.4, 0.5) is 0 Å². The van der Waals surface area contributed by atoms with Crippen molar-refractivity contribution in [3.63, 3.8) is 0 Å². The molecule has 0 fully saturated rings. The van der Waals surface area contributed by atoms with Gasteiger partial charge in [0, 0.05) is 34.6 Å². The molecule has 0 aliphatic carbocycles. The molecule has 0 aromatic heterocycles. The molecule has 2 heterocycles. The van der Waals surface area contributed by atoms with Gasteiger partial charge in [-0.05, 0) is 24.2 Å². The number of benzene rings is 1. The van der Waals surface area contributed by atoms with Crippen molar-refractivity contribution in [1.29, 1.82) is 0 Å². The molecular formula is C12H14ClNOS. The average molecular weight is 256 g/mol. The second-order valence-electron chi connectivity index (χ2n) is 4.19. The van der Waals surface area contributed by atoms with E-state index in [2.05, 4.69) is 11.4 Å². The van der Waals surface area contributed by atoms with Crippen molar-refractivity contribution < 1.29 is 4.74 Å². The first-order valence-corrected chi connectivity index (χ1v) is 7.06. The van der Waals surface area contributed by atoms with Gasteiger partial charge in [-0.3, -0.25) is 0 Å². The Morgan fingerprint density at radius 1 is 1.56 bits per heavy atom. The van der Waals surface area contributed by atoms with E-state index in [0.717, 1.165) is 35.3 Å². The Hall–Kier alpha value is -0.380. The van der Waals surface area contributed by atoms with E-state index in [1.807, 2.05) is 18.8 Å². The topological polar surface area (TPSA) is 21.3 Å². The van der Waals surface area contributed by atoms with Crippen LogP contribution < -0.4 is 10.1 Å². The summed E-state index contributed by atoms with van der Waals surface area (Å²) in [5.41, 5.74) is 3.85. The lowest BCUT2D eigenvalue weighted by Crippen LogP contribution is -2.23. The zero-order chi connectivity index (χ0) is 11.1. The molecule has 3 rings (SSSR count). The number of hydrogen-bond acceptors (Lipinski definition) is 3. The highest BCUT2D eigenvalue weighted by Crippen LogP contribution is 2.44. The van der Waals surface area contributed by atoms with Crippen molar-refractivity contribution in [3.05, 3.63) is 27.8 Å². The van der Waals surface area contributed by atoms with Crippen LogP contribution in [0.25, 0.3) is 0 Å². The Bertz CT molecular complexity index is 436. The van der Waals surface area contributed by atoms with E-state index in [-0.39, 0.29) is 0 Å². The van der Waals surface area contributed by atoms with Crippen LogP contribution in [0.15, 0.2) is 6.07 Å². The zero-order valence-corrected chi connectivity index (χ0v) is 10.8. The van der Waals surface area contributed by atoms with Crippen molar-refractivity contribution in [3.8, 4) is 5.75 Å². The van der Waals surface area contributed by atoms with Crippen LogP contribution in [0.5, 0.6) is 5.75 Å². The molecule has 1 unspecified atom stereocenters. The van der Waals surface area contributed by atoms with Gasteiger partial charge in [0.1, 0.15) is 5.75 Å². The van der Waals surface area contributed by atoms with Gasteiger partial charge >= 0.3 is 0 Å². The molecular weight excluding hydrogens is 242 g/mol. The Morgan fingerprint density at radius 3 is 3.25 bits per heavy atom. The van der Waals surface area contributed by atoms with Crippen LogP contribution in [0.2, 0.25) is 5.02 Å². The minimum absolute atomic E-state index is 0.357. The van der Waals surface area contributed by atoms with E-state index in [9.17, 15) is 0 Å². The SMILES string of the molecule is CNC1CSCc2c3c(cc(Cl)c21)CCO3. The number of nitrogens with one attached hydrogen (secondary N) is 1. The molecule has 1 aromatic carbocycles. The van der Waals surface area contributed by atoms with Gasteiger partial charge in [0.15, 0.2) is 0 Å². The van der Waals surface area contributed by atoms with Crippen LogP contribution in [0.1, 0.15) is 22.7 Å². The maximum absolute atomic E-state index is 6.39. The highest BCUT2D eigenvalue weighted by Gasteiger charge is 2.28. The second kappa shape index (κ2) is 4.13. The molecule has 86 valence electrons. The molecule has 0 spiro atoms. The standard InChI is InChI=1S/C12H14ClNOS/c1-14-10-6-16-5-8-11(10)9(13)4-7-2-3-15-12(7)8/h4,10,14H,2-3,5-6H2,1H3. The zero-order valence-electron chi connectivity index (χ0n) is 9.18. The molecule has 1 aromatic rings. The van der Waals surface area contributed by atoms with E-state index in [0.29, 0.717) is 6.04 Å². The molecule has 1 atom stereocenters. The van der Waals surface area contributed by atoms with E-state index >= 15 is 0 Å². The van der Waals surface area contributed by atoms with Gasteiger partial charge in [-0.15, -0.1) is 0 Å². The maximum atomic E-state index is 6.39. The molecule has 4 heteroatoms. The van der Waals surface area contributed by atoms with Crippen LogP contribution >= 0.6 is 23.4 Å². The van der Waals surface area contributed by atoms with Gasteiger partial charge in [-0.25, -0.2) is 0 Å². The quantitative estimate of drug-likeness (QED) is 0.834. The monoisotopic (exact) mass is 255 g/mol. The largest absolute Gasteiger partial charge is 0.493 e. The van der Waals surface area contributed by atoms with Crippen LogP contribution in [0, 0.1) is 0 Å². The fraction of sp³-hybridized carbons (Fsp3) is 0.500. The molecule has 0 bridgehead atoms. The lowest BCUT2D eigenvalue weighted by molar-refractivity contribution is 0.353. The summed E-state index contributed by atoms with van der Waals surface area (Å²) in [7, 11) is 1.99. The summed E-state index contributed by atoms with van der Waals surface area (Å²) in [5.74, 6) is 3.21. The second-order valence-corrected chi connectivity index (χ2v) is 5.63. The summed E-state index contributed by atoms with van der Waals surface area (Å²) >= 11 is 8.34. The van der Waals surface area contributed by atoms with Crippen molar-refractivity contribution in [2.45, 2.75) is 18.2 Å². The minimum Gasteiger partial charge on any atom is -0.493 e. The Morgan fingerprint density at radius 2 is 2.44 bits per heavy atom. The van der Waals surface area contributed by atoms with Crippen LogP contribution in [-0.2, 0) is 12.2 Å². The number of thioether (sulfide) groups is 1. The fourth-order valence-electron chi connectivity index (χ4n) is 2.49. The normalized spacial score (nSPS) is 22.5. The van der Waals surface area contributed by atoms with E-state index in [1.54, 1.807) is 0 Å². The lowest BCUT2D eigenvalue weighted by Gasteiger charge is -2.27. The van der Waals surface area contributed by atoms with Crippen molar-refractivity contribution in [1.82, 2.24) is 5.32 Å². The Labute approximate surface area is 105 Å². The van der Waals surface area contributed by atoms with Gasteiger partial charge in [0.25, 0.3) is 0 Å². The number of hydrogen-bond donors (Lipinski definition) is 1. The first kappa shape index (κ1) is 10.8. The van der Waals surface area contributed by atoms with Gasteiger partial charge < -0.3 is 10.1 Å².